The molecule has 3 saturated heterocycles. The van der Waals surface area contributed by atoms with Crippen LogP contribution >= 0.6 is 0 Å². The first-order chi connectivity index (χ1) is 16.0. The summed E-state index contributed by atoms with van der Waals surface area (Å²) in [7, 11) is 0. The molecule has 3 fully saturated rings. The predicted molar refractivity (Wildman–Crippen MR) is 101 cm³/mol. The van der Waals surface area contributed by atoms with E-state index >= 15 is 0 Å². The van der Waals surface area contributed by atoms with Gasteiger partial charge in [-0.1, -0.05) is 0 Å². The second kappa shape index (κ2) is 11.6. The van der Waals surface area contributed by atoms with Gasteiger partial charge in [0.15, 0.2) is 18.9 Å². The highest BCUT2D eigenvalue weighted by Crippen LogP contribution is 2.32. The Morgan fingerprint density at radius 3 is 1.50 bits per heavy atom. The normalized spacial score (nSPS) is 52.5. The van der Waals surface area contributed by atoms with Gasteiger partial charge in [0, 0.05) is 0 Å². The van der Waals surface area contributed by atoms with E-state index < -0.39 is 112 Å². The molecule has 0 amide bonds. The second-order valence-electron chi connectivity index (χ2n) is 8.33. The number of aliphatic hydroxyl groups excluding tert-OH is 11. The van der Waals surface area contributed by atoms with Crippen LogP contribution in [0.3, 0.4) is 0 Å². The largest absolute Gasteiger partial charge is 0.394 e. The molecule has 34 heavy (non-hydrogen) atoms. The van der Waals surface area contributed by atoms with Crippen molar-refractivity contribution in [3.63, 3.8) is 0 Å². The predicted octanol–water partition coefficient (Wildman–Crippen LogP) is -7.57. The topological polar surface area (TPSA) is 269 Å². The van der Waals surface area contributed by atoms with Crippen LogP contribution in [0.25, 0.3) is 0 Å². The van der Waals surface area contributed by atoms with E-state index in [0.717, 1.165) is 0 Å². The first-order valence-electron chi connectivity index (χ1n) is 10.6. The van der Waals surface area contributed by atoms with Gasteiger partial charge in [0.05, 0.1) is 19.8 Å². The number of hydrogen-bond donors (Lipinski definition) is 11. The van der Waals surface area contributed by atoms with Crippen LogP contribution in [0.1, 0.15) is 0 Å². The molecule has 15 atom stereocenters. The van der Waals surface area contributed by atoms with Crippen LogP contribution in [-0.2, 0) is 23.7 Å². The third-order valence-corrected chi connectivity index (χ3v) is 6.09. The van der Waals surface area contributed by atoms with Crippen LogP contribution in [0.4, 0.5) is 0 Å². The van der Waals surface area contributed by atoms with Crippen molar-refractivity contribution in [2.45, 2.75) is 92.1 Å². The average Bonchev–Trinajstić information content (AvgIpc) is 2.83. The summed E-state index contributed by atoms with van der Waals surface area (Å²) >= 11 is 0. The SMILES string of the molecule is OC[C@H]1O[C@H](O[C@@H]2[C@H](O)[C@H](O[C@H]3[C@H](O)[C@H](O)C(O)O[C@@H]3CO)O[C@H](CO)[C@H]2O)[C@@H](O)[C@@H](O)[C@@H]1O. The molecule has 1 unspecified atom stereocenters. The van der Waals surface area contributed by atoms with E-state index in [2.05, 4.69) is 0 Å². The van der Waals surface area contributed by atoms with Gasteiger partial charge in [-0.15, -0.1) is 0 Å². The van der Waals surface area contributed by atoms with E-state index in [1.54, 1.807) is 0 Å². The average molecular weight is 504 g/mol. The maximum absolute atomic E-state index is 10.8. The Balaban J connectivity index is 1.78. The number of ether oxygens (including phenoxy) is 5. The maximum atomic E-state index is 10.8. The Kier molecular flexibility index (Phi) is 9.54. The summed E-state index contributed by atoms with van der Waals surface area (Å²) < 4.78 is 26.4. The molecular weight excluding hydrogens is 472 g/mol. The van der Waals surface area contributed by atoms with Crippen LogP contribution in [0, 0.1) is 0 Å². The molecule has 3 heterocycles. The molecule has 0 aromatic rings. The molecule has 0 aromatic carbocycles. The van der Waals surface area contributed by atoms with E-state index in [4.69, 9.17) is 23.7 Å². The minimum atomic E-state index is -1.90. The van der Waals surface area contributed by atoms with Gasteiger partial charge in [-0.3, -0.25) is 0 Å². The highest BCUT2D eigenvalue weighted by atomic mass is 16.7. The molecule has 16 heteroatoms. The van der Waals surface area contributed by atoms with Gasteiger partial charge in [-0.05, 0) is 0 Å². The zero-order valence-electron chi connectivity index (χ0n) is 17.7. The first-order valence-corrected chi connectivity index (χ1v) is 10.6. The lowest BCUT2D eigenvalue weighted by Gasteiger charge is -2.47. The summed E-state index contributed by atoms with van der Waals surface area (Å²) in [6.45, 7) is -2.34. The molecule has 0 radical (unpaired) electrons. The zero-order valence-corrected chi connectivity index (χ0v) is 17.7. The van der Waals surface area contributed by atoms with Crippen molar-refractivity contribution >= 4 is 0 Å². The molecule has 0 spiro atoms. The van der Waals surface area contributed by atoms with Crippen LogP contribution in [0.2, 0.25) is 0 Å². The fourth-order valence-electron chi connectivity index (χ4n) is 4.05. The Hall–Kier alpha value is -0.640. The molecule has 0 bridgehead atoms. The van der Waals surface area contributed by atoms with Gasteiger partial charge >= 0.3 is 0 Å². The van der Waals surface area contributed by atoms with E-state index in [1.165, 1.54) is 0 Å². The summed E-state index contributed by atoms with van der Waals surface area (Å²) in [4.78, 5) is 0. The van der Waals surface area contributed by atoms with Crippen molar-refractivity contribution in [3.05, 3.63) is 0 Å². The van der Waals surface area contributed by atoms with Crippen molar-refractivity contribution in [3.8, 4) is 0 Å². The second-order valence-corrected chi connectivity index (χ2v) is 8.33. The summed E-state index contributed by atoms with van der Waals surface area (Å²) in [5, 5.41) is 109. The molecule has 16 nitrogen and oxygen atoms in total. The zero-order chi connectivity index (χ0) is 25.3. The first kappa shape index (κ1) is 27.9. The van der Waals surface area contributed by atoms with Crippen LogP contribution in [-0.4, -0.2) is 168 Å². The van der Waals surface area contributed by atoms with E-state index in [1.807, 2.05) is 0 Å². The van der Waals surface area contributed by atoms with Gasteiger partial charge in [-0.25, -0.2) is 0 Å². The van der Waals surface area contributed by atoms with Crippen molar-refractivity contribution in [1.82, 2.24) is 0 Å². The molecule has 0 aliphatic carbocycles. The summed E-state index contributed by atoms with van der Waals surface area (Å²) in [5.41, 5.74) is 0. The molecule has 3 rings (SSSR count). The molecule has 0 aromatic heterocycles. The van der Waals surface area contributed by atoms with E-state index in [0.29, 0.717) is 0 Å². The number of hydrogen-bond acceptors (Lipinski definition) is 16. The third kappa shape index (κ3) is 5.37. The summed E-state index contributed by atoms with van der Waals surface area (Å²) in [6, 6.07) is 0. The maximum Gasteiger partial charge on any atom is 0.187 e. The van der Waals surface area contributed by atoms with Crippen LogP contribution in [0.5, 0.6) is 0 Å². The lowest BCUT2D eigenvalue weighted by Crippen LogP contribution is -2.66. The fraction of sp³-hybridized carbons (Fsp3) is 1.00. The lowest BCUT2D eigenvalue weighted by atomic mass is 9.96. The Bertz CT molecular complexity index is 637. The molecule has 11 N–H and O–H groups in total. The number of aliphatic hydroxyl groups is 11. The molecule has 3 aliphatic rings. The van der Waals surface area contributed by atoms with Crippen molar-refractivity contribution in [1.29, 1.82) is 0 Å². The quantitative estimate of drug-likeness (QED) is 0.154. The minimum Gasteiger partial charge on any atom is -0.394 e. The van der Waals surface area contributed by atoms with Crippen molar-refractivity contribution in [2.24, 2.45) is 0 Å². The standard InChI is InChI=1S/C18H32O16/c19-1-4-7(22)9(24)12(27)17(31-4)34-15-8(23)5(2-20)32-18(13(15)28)33-14-6(3-21)30-16(29)11(26)10(14)25/h4-29H,1-3H2/t4-,5-,6-,7-,8-,9+,10-,11+,12+,13+,14-,15+,16?,17-,18+/m1/s1. The van der Waals surface area contributed by atoms with E-state index in [-0.39, 0.29) is 0 Å². The van der Waals surface area contributed by atoms with Gasteiger partial charge in [0.2, 0.25) is 0 Å². The number of rotatable bonds is 7. The molecule has 200 valence electrons. The third-order valence-electron chi connectivity index (χ3n) is 6.09. The van der Waals surface area contributed by atoms with Crippen LogP contribution in [0.15, 0.2) is 0 Å². The smallest absolute Gasteiger partial charge is 0.187 e. The Morgan fingerprint density at radius 2 is 0.941 bits per heavy atom. The van der Waals surface area contributed by atoms with Gasteiger partial charge in [0.1, 0.15) is 73.2 Å². The highest BCUT2D eigenvalue weighted by molar-refractivity contribution is 4.96. The van der Waals surface area contributed by atoms with Gasteiger partial charge < -0.3 is 79.9 Å². The lowest BCUT2D eigenvalue weighted by molar-refractivity contribution is -0.378. The highest BCUT2D eigenvalue weighted by Gasteiger charge is 2.53. The Morgan fingerprint density at radius 1 is 0.441 bits per heavy atom. The molecule has 0 saturated carbocycles. The van der Waals surface area contributed by atoms with Gasteiger partial charge in [0.25, 0.3) is 0 Å². The minimum absolute atomic E-state index is 0.759. The summed E-state index contributed by atoms with van der Waals surface area (Å²) in [5.74, 6) is 0. The monoisotopic (exact) mass is 504 g/mol. The van der Waals surface area contributed by atoms with Crippen molar-refractivity contribution < 1.29 is 79.9 Å². The molecular formula is C18H32O16. The van der Waals surface area contributed by atoms with Crippen molar-refractivity contribution in [2.75, 3.05) is 19.8 Å². The Labute approximate surface area is 192 Å². The molecule has 3 aliphatic heterocycles. The van der Waals surface area contributed by atoms with Gasteiger partial charge in [-0.2, -0.15) is 0 Å². The fourth-order valence-corrected chi connectivity index (χ4v) is 4.05. The van der Waals surface area contributed by atoms with E-state index in [9.17, 15) is 56.2 Å². The summed E-state index contributed by atoms with van der Waals surface area (Å²) in [6.07, 6.45) is -25.4. The van der Waals surface area contributed by atoms with Crippen LogP contribution < -0.4 is 0 Å².